The quantitative estimate of drug-likeness (QED) is 0.389. The van der Waals surface area contributed by atoms with Crippen LogP contribution in [-0.2, 0) is 0 Å². The number of hydrogen-bond donors (Lipinski definition) is 1. The number of likely N-dealkylation sites (tertiary alicyclic amines) is 1. The number of rotatable bonds is 8. The van der Waals surface area contributed by atoms with Crippen LogP contribution < -0.4 is 14.8 Å². The van der Waals surface area contributed by atoms with E-state index >= 15 is 0 Å². The Hall–Kier alpha value is -3.64. The largest absolute Gasteiger partial charge is 0.497 e. The molecule has 1 aromatic heterocycles. The van der Waals surface area contributed by atoms with Gasteiger partial charge in [-0.2, -0.15) is 0 Å². The summed E-state index contributed by atoms with van der Waals surface area (Å²) in [6.07, 6.45) is 4.45. The van der Waals surface area contributed by atoms with Crippen LogP contribution in [0, 0.1) is 0 Å². The zero-order valence-corrected chi connectivity index (χ0v) is 18.8. The van der Waals surface area contributed by atoms with Crippen LogP contribution in [0.5, 0.6) is 11.5 Å². The average molecular weight is 441 g/mol. The molecule has 33 heavy (non-hydrogen) atoms. The lowest BCUT2D eigenvalue weighted by Crippen LogP contribution is -2.25. The third-order valence-corrected chi connectivity index (χ3v) is 5.98. The first kappa shape index (κ1) is 21.2. The van der Waals surface area contributed by atoms with Crippen molar-refractivity contribution in [1.82, 2.24) is 14.9 Å². The first-order chi connectivity index (χ1) is 16.3. The summed E-state index contributed by atoms with van der Waals surface area (Å²) >= 11 is 0. The highest BCUT2D eigenvalue weighted by Crippen LogP contribution is 2.29. The second kappa shape index (κ2) is 9.88. The number of para-hydroxylation sites is 1. The van der Waals surface area contributed by atoms with Crippen LogP contribution >= 0.6 is 0 Å². The van der Waals surface area contributed by atoms with Gasteiger partial charge in [0.05, 0.1) is 12.6 Å². The standard InChI is InChI=1S/C27H28N4O2/c1-32-23-12-10-20(11-13-23)25-9-4-6-21-19-28-27(30-26(21)25)29-22-7-5-8-24(18-22)33-17-16-31-14-2-3-15-31/h4-13,18-19H,2-3,14-17H2,1H3,(H,28,29,30). The van der Waals surface area contributed by atoms with E-state index in [1.54, 1.807) is 7.11 Å². The Labute approximate surface area is 194 Å². The summed E-state index contributed by atoms with van der Waals surface area (Å²) in [5, 5.41) is 4.33. The second-order valence-electron chi connectivity index (χ2n) is 8.22. The van der Waals surface area contributed by atoms with E-state index in [2.05, 4.69) is 21.3 Å². The molecule has 0 atom stereocenters. The number of aromatic nitrogens is 2. The maximum absolute atomic E-state index is 5.98. The van der Waals surface area contributed by atoms with Gasteiger partial charge in [-0.25, -0.2) is 9.97 Å². The maximum Gasteiger partial charge on any atom is 0.227 e. The van der Waals surface area contributed by atoms with Gasteiger partial charge in [-0.1, -0.05) is 36.4 Å². The average Bonchev–Trinajstić information content (AvgIpc) is 3.38. The molecule has 0 spiro atoms. The molecule has 2 heterocycles. The summed E-state index contributed by atoms with van der Waals surface area (Å²) in [6, 6.07) is 22.1. The number of nitrogens with one attached hydrogen (secondary N) is 1. The van der Waals surface area contributed by atoms with Crippen LogP contribution in [0.2, 0.25) is 0 Å². The normalized spacial score (nSPS) is 13.8. The predicted octanol–water partition coefficient (Wildman–Crippen LogP) is 5.52. The predicted molar refractivity (Wildman–Crippen MR) is 132 cm³/mol. The molecular weight excluding hydrogens is 412 g/mol. The van der Waals surface area contributed by atoms with Gasteiger partial charge in [-0.15, -0.1) is 0 Å². The first-order valence-corrected chi connectivity index (χ1v) is 11.4. The summed E-state index contributed by atoms with van der Waals surface area (Å²) in [5.74, 6) is 2.23. The van der Waals surface area contributed by atoms with Gasteiger partial charge in [0.2, 0.25) is 5.95 Å². The molecule has 1 aliphatic rings. The topological polar surface area (TPSA) is 59.5 Å². The van der Waals surface area contributed by atoms with E-state index < -0.39 is 0 Å². The minimum atomic E-state index is 0.553. The number of benzene rings is 3. The fourth-order valence-corrected chi connectivity index (χ4v) is 4.21. The van der Waals surface area contributed by atoms with Crippen molar-refractivity contribution in [3.8, 4) is 22.6 Å². The molecule has 1 N–H and O–H groups in total. The second-order valence-corrected chi connectivity index (χ2v) is 8.22. The van der Waals surface area contributed by atoms with Crippen LogP contribution in [-0.4, -0.2) is 48.2 Å². The van der Waals surface area contributed by atoms with Gasteiger partial charge in [0.25, 0.3) is 0 Å². The number of methoxy groups -OCH3 is 1. The van der Waals surface area contributed by atoms with E-state index in [1.165, 1.54) is 25.9 Å². The first-order valence-electron chi connectivity index (χ1n) is 11.4. The Morgan fingerprint density at radius 2 is 1.76 bits per heavy atom. The highest BCUT2D eigenvalue weighted by Gasteiger charge is 2.11. The Morgan fingerprint density at radius 3 is 2.58 bits per heavy atom. The van der Waals surface area contributed by atoms with E-state index in [9.17, 15) is 0 Å². The third kappa shape index (κ3) is 5.07. The number of ether oxygens (including phenoxy) is 2. The Kier molecular flexibility index (Phi) is 6.35. The zero-order valence-electron chi connectivity index (χ0n) is 18.8. The highest BCUT2D eigenvalue weighted by atomic mass is 16.5. The van der Waals surface area contributed by atoms with Gasteiger partial charge in [-0.3, -0.25) is 4.90 Å². The SMILES string of the molecule is COc1ccc(-c2cccc3cnc(Nc4cccc(OCCN5CCCC5)c4)nc23)cc1. The van der Waals surface area contributed by atoms with Crippen molar-refractivity contribution in [2.24, 2.45) is 0 Å². The Morgan fingerprint density at radius 1 is 0.939 bits per heavy atom. The molecule has 0 saturated carbocycles. The Bertz CT molecular complexity index is 1220. The zero-order chi connectivity index (χ0) is 22.5. The molecule has 1 fully saturated rings. The molecule has 3 aromatic carbocycles. The van der Waals surface area contributed by atoms with Gasteiger partial charge >= 0.3 is 0 Å². The molecule has 168 valence electrons. The van der Waals surface area contributed by atoms with E-state index in [0.29, 0.717) is 12.6 Å². The van der Waals surface area contributed by atoms with E-state index in [4.69, 9.17) is 14.5 Å². The molecule has 0 amide bonds. The van der Waals surface area contributed by atoms with E-state index in [-0.39, 0.29) is 0 Å². The smallest absolute Gasteiger partial charge is 0.227 e. The molecular formula is C27H28N4O2. The summed E-state index contributed by atoms with van der Waals surface area (Å²) in [4.78, 5) is 11.8. The van der Waals surface area contributed by atoms with Crippen LogP contribution in [0.1, 0.15) is 12.8 Å². The van der Waals surface area contributed by atoms with Crippen LogP contribution in [0.3, 0.4) is 0 Å². The van der Waals surface area contributed by atoms with Crippen molar-refractivity contribution in [3.63, 3.8) is 0 Å². The number of fused-ring (bicyclic) bond motifs is 1. The summed E-state index contributed by atoms with van der Waals surface area (Å²) in [7, 11) is 1.67. The van der Waals surface area contributed by atoms with Crippen LogP contribution in [0.25, 0.3) is 22.0 Å². The molecule has 0 radical (unpaired) electrons. The summed E-state index contributed by atoms with van der Waals surface area (Å²) in [5.41, 5.74) is 3.94. The molecule has 0 unspecified atom stereocenters. The lowest BCUT2D eigenvalue weighted by molar-refractivity contribution is 0.238. The fraction of sp³-hybridized carbons (Fsp3) is 0.259. The van der Waals surface area contributed by atoms with Crippen molar-refractivity contribution < 1.29 is 9.47 Å². The fourth-order valence-electron chi connectivity index (χ4n) is 4.21. The molecule has 4 aromatic rings. The van der Waals surface area contributed by atoms with Crippen molar-refractivity contribution in [2.75, 3.05) is 38.7 Å². The molecule has 6 heteroatoms. The van der Waals surface area contributed by atoms with E-state index in [1.807, 2.05) is 66.9 Å². The number of anilines is 2. The van der Waals surface area contributed by atoms with Gasteiger partial charge in [0.15, 0.2) is 0 Å². The van der Waals surface area contributed by atoms with Gasteiger partial charge in [-0.05, 0) is 55.8 Å². The van der Waals surface area contributed by atoms with Crippen LogP contribution in [0.15, 0.2) is 72.9 Å². The van der Waals surface area contributed by atoms with Gasteiger partial charge < -0.3 is 14.8 Å². The molecule has 0 aliphatic carbocycles. The molecule has 1 aliphatic heterocycles. The Balaban J connectivity index is 1.33. The molecule has 0 bridgehead atoms. The number of hydrogen-bond acceptors (Lipinski definition) is 6. The maximum atomic E-state index is 5.98. The summed E-state index contributed by atoms with van der Waals surface area (Å²) in [6.45, 7) is 4.03. The highest BCUT2D eigenvalue weighted by molar-refractivity contribution is 5.94. The molecule has 1 saturated heterocycles. The molecule has 6 nitrogen and oxygen atoms in total. The van der Waals surface area contributed by atoms with Gasteiger partial charge in [0, 0.05) is 35.4 Å². The van der Waals surface area contributed by atoms with Crippen molar-refractivity contribution in [1.29, 1.82) is 0 Å². The van der Waals surface area contributed by atoms with Gasteiger partial charge in [0.1, 0.15) is 18.1 Å². The van der Waals surface area contributed by atoms with Crippen LogP contribution in [0.4, 0.5) is 11.6 Å². The monoisotopic (exact) mass is 440 g/mol. The van der Waals surface area contributed by atoms with E-state index in [0.717, 1.165) is 45.8 Å². The lowest BCUT2D eigenvalue weighted by atomic mass is 10.0. The van der Waals surface area contributed by atoms with Crippen molar-refractivity contribution >= 4 is 22.5 Å². The lowest BCUT2D eigenvalue weighted by Gasteiger charge is -2.15. The van der Waals surface area contributed by atoms with Crippen molar-refractivity contribution in [2.45, 2.75) is 12.8 Å². The minimum absolute atomic E-state index is 0.553. The number of nitrogens with zero attached hydrogens (tertiary/aromatic N) is 3. The third-order valence-electron chi connectivity index (χ3n) is 5.98. The minimum Gasteiger partial charge on any atom is -0.497 e. The molecule has 5 rings (SSSR count). The van der Waals surface area contributed by atoms with Crippen molar-refractivity contribution in [3.05, 3.63) is 72.9 Å². The summed E-state index contributed by atoms with van der Waals surface area (Å²) < 4.78 is 11.3.